The summed E-state index contributed by atoms with van der Waals surface area (Å²) < 4.78 is 107. The van der Waals surface area contributed by atoms with Crippen LogP contribution in [0, 0.1) is 11.6 Å². The molecule has 0 aliphatic heterocycles. The van der Waals surface area contributed by atoms with Crippen LogP contribution in [-0.4, -0.2) is 115 Å². The number of sulfone groups is 2. The van der Waals surface area contributed by atoms with Crippen LogP contribution in [0.5, 0.6) is 23.0 Å². The molecule has 0 spiro atoms. The molecule has 0 radical (unpaired) electrons. The van der Waals surface area contributed by atoms with Crippen LogP contribution in [0.4, 0.5) is 8.78 Å². The van der Waals surface area contributed by atoms with E-state index in [-0.39, 0.29) is 23.3 Å². The Morgan fingerprint density at radius 3 is 1.11 bits per heavy atom. The summed E-state index contributed by atoms with van der Waals surface area (Å²) in [5, 5.41) is 15.5. The fourth-order valence-corrected chi connectivity index (χ4v) is 11.2. The topological polar surface area (TPSA) is 244 Å². The minimum atomic E-state index is -3.82. The summed E-state index contributed by atoms with van der Waals surface area (Å²) in [6.07, 6.45) is 5.50. The van der Waals surface area contributed by atoms with E-state index in [1.165, 1.54) is 28.4 Å². The highest BCUT2D eigenvalue weighted by Crippen LogP contribution is 2.39. The Morgan fingerprint density at radius 1 is 0.487 bits per heavy atom. The summed E-state index contributed by atoms with van der Waals surface area (Å²) in [5.74, 6) is -0.0335. The smallest absolute Gasteiger partial charge is 0.187 e. The predicted octanol–water partition coefficient (Wildman–Crippen LogP) is 7.89. The van der Waals surface area contributed by atoms with E-state index in [4.69, 9.17) is 18.9 Å². The van der Waals surface area contributed by atoms with Gasteiger partial charge in [-0.25, -0.2) is 55.5 Å². The van der Waals surface area contributed by atoms with E-state index in [1.54, 1.807) is 85.4 Å². The molecule has 400 valence electrons. The normalized spacial score (nSPS) is 13.2. The first-order chi connectivity index (χ1) is 36.4. The fourth-order valence-electron chi connectivity index (χ4n) is 8.11. The molecule has 8 rings (SSSR count). The number of pyridine rings is 2. The molecule has 0 bridgehead atoms. The van der Waals surface area contributed by atoms with E-state index in [0.717, 1.165) is 36.2 Å². The first-order valence-electron chi connectivity index (χ1n) is 24.0. The second-order valence-electron chi connectivity index (χ2n) is 17.4. The third kappa shape index (κ3) is 12.1. The van der Waals surface area contributed by atoms with E-state index in [1.807, 2.05) is 38.1 Å². The molecule has 2 aromatic carbocycles. The number of ether oxygens (including phenoxy) is 4. The third-order valence-electron chi connectivity index (χ3n) is 12.8. The molecular weight excluding hydrogens is 1020 g/mol. The van der Waals surface area contributed by atoms with Gasteiger partial charge >= 0.3 is 0 Å². The van der Waals surface area contributed by atoms with Crippen LogP contribution in [0.15, 0.2) is 97.6 Å². The van der Waals surface area contributed by atoms with Gasteiger partial charge in [-0.2, -0.15) is 0 Å². The number of hydrogen-bond acceptors (Lipinski definition) is 18. The molecule has 6 heterocycles. The molecule has 20 nitrogen and oxygen atoms in total. The number of rotatable bonds is 20. The zero-order chi connectivity index (χ0) is 54.9. The van der Waals surface area contributed by atoms with Gasteiger partial charge in [-0.3, -0.25) is 9.13 Å². The maximum absolute atomic E-state index is 13.6. The molecule has 0 fully saturated rings. The first-order valence-corrected chi connectivity index (χ1v) is 27.4. The molecule has 0 aliphatic carbocycles. The quantitative estimate of drug-likeness (QED) is 0.0704. The minimum Gasteiger partial charge on any atom is -0.494 e. The molecule has 24 heteroatoms. The molecule has 76 heavy (non-hydrogen) atoms. The van der Waals surface area contributed by atoms with E-state index >= 15 is 0 Å². The Balaban J connectivity index is 0.000000221. The Kier molecular flexibility index (Phi) is 17.8. The van der Waals surface area contributed by atoms with Crippen molar-refractivity contribution in [3.63, 3.8) is 0 Å². The van der Waals surface area contributed by atoms with Crippen molar-refractivity contribution in [2.45, 2.75) is 88.2 Å². The average Bonchev–Trinajstić information content (AvgIpc) is 4.07. The van der Waals surface area contributed by atoms with Crippen molar-refractivity contribution in [3.8, 4) is 57.4 Å². The summed E-state index contributed by atoms with van der Waals surface area (Å²) in [6.45, 7) is 10.5. The number of aromatic nitrogens is 12. The standard InChI is InChI=1S/2C26H29FN6O4S/c2*1-6-19-9-7-10-20(30-19)26-32-31-23(33(26)24-21(36-4)11-8-12-22(24)37-5)15-38(34,35)17(3)16(2)25-28-13-18(27)14-29-25/h2*7-14,16-17H,6,15H2,1-5H3/t2*16-,17-/m10/s1. The summed E-state index contributed by atoms with van der Waals surface area (Å²) in [6, 6.07) is 21.6. The number of methoxy groups -OCH3 is 4. The van der Waals surface area contributed by atoms with Gasteiger partial charge in [0.25, 0.3) is 0 Å². The van der Waals surface area contributed by atoms with Crippen LogP contribution in [0.1, 0.15) is 88.1 Å². The van der Waals surface area contributed by atoms with Crippen LogP contribution in [-0.2, 0) is 44.0 Å². The average molecular weight is 1080 g/mol. The number of hydrogen-bond donors (Lipinski definition) is 0. The molecule has 0 amide bonds. The molecule has 0 N–H and O–H groups in total. The molecule has 6 aromatic heterocycles. The fraction of sp³-hybridized carbons (Fsp3) is 0.346. The van der Waals surface area contributed by atoms with E-state index in [2.05, 4.69) is 50.3 Å². The van der Waals surface area contributed by atoms with Crippen molar-refractivity contribution >= 4 is 19.7 Å². The van der Waals surface area contributed by atoms with Crippen molar-refractivity contribution in [3.05, 3.63) is 144 Å². The van der Waals surface area contributed by atoms with Gasteiger partial charge in [-0.1, -0.05) is 52.0 Å². The number of para-hydroxylation sites is 2. The van der Waals surface area contributed by atoms with Crippen molar-refractivity contribution in [2.75, 3.05) is 28.4 Å². The molecule has 4 atom stereocenters. The van der Waals surface area contributed by atoms with Gasteiger partial charge in [0.1, 0.15) is 68.9 Å². The molecule has 0 unspecified atom stereocenters. The summed E-state index contributed by atoms with van der Waals surface area (Å²) in [4.78, 5) is 25.2. The largest absolute Gasteiger partial charge is 0.494 e. The van der Waals surface area contributed by atoms with Crippen molar-refractivity contribution in [2.24, 2.45) is 0 Å². The SMILES string of the molecule is CCc1cccc(-c2nnc(CS(=O)(=O)[C@@H](C)[C@H](C)c3ncc(F)cn3)n2-c2c(OC)cccc2OC)n1.CCc1cccc(-c2nnc(CS(=O)(=O)[C@H](C)[C@@H](C)c3ncc(F)cn3)n2-c2c(OC)cccc2OC)n1. The summed E-state index contributed by atoms with van der Waals surface area (Å²) in [7, 11) is -1.58. The minimum absolute atomic E-state index is 0.158. The zero-order valence-electron chi connectivity index (χ0n) is 43.6. The highest BCUT2D eigenvalue weighted by Gasteiger charge is 2.35. The van der Waals surface area contributed by atoms with Gasteiger partial charge in [-0.15, -0.1) is 20.4 Å². The van der Waals surface area contributed by atoms with Gasteiger partial charge < -0.3 is 18.9 Å². The van der Waals surface area contributed by atoms with Crippen molar-refractivity contribution in [1.82, 2.24) is 59.4 Å². The van der Waals surface area contributed by atoms with E-state index < -0.39 is 65.2 Å². The van der Waals surface area contributed by atoms with Crippen LogP contribution in [0.2, 0.25) is 0 Å². The number of benzene rings is 2. The van der Waals surface area contributed by atoms with Crippen molar-refractivity contribution in [1.29, 1.82) is 0 Å². The molecule has 0 saturated carbocycles. The number of halogens is 2. The second-order valence-corrected chi connectivity index (χ2v) is 22.1. The van der Waals surface area contributed by atoms with Gasteiger partial charge in [0.05, 0.1) is 63.7 Å². The lowest BCUT2D eigenvalue weighted by molar-refractivity contribution is 0.390. The summed E-state index contributed by atoms with van der Waals surface area (Å²) >= 11 is 0. The Morgan fingerprint density at radius 2 is 0.803 bits per heavy atom. The molecule has 0 aliphatic rings. The Labute approximate surface area is 439 Å². The molecule has 0 saturated heterocycles. The number of nitrogens with zero attached hydrogens (tertiary/aromatic N) is 12. The first kappa shape index (κ1) is 55.9. The van der Waals surface area contributed by atoms with Gasteiger partial charge in [0, 0.05) is 23.2 Å². The van der Waals surface area contributed by atoms with Crippen LogP contribution in [0.25, 0.3) is 34.4 Å². The maximum atomic E-state index is 13.6. The third-order valence-corrected chi connectivity index (χ3v) is 17.2. The van der Waals surface area contributed by atoms with Gasteiger partial charge in [-0.05, 0) is 75.2 Å². The lowest BCUT2D eigenvalue weighted by Gasteiger charge is -2.20. The predicted molar refractivity (Wildman–Crippen MR) is 279 cm³/mol. The Bertz CT molecular complexity index is 3240. The highest BCUT2D eigenvalue weighted by atomic mass is 32.2. The lowest BCUT2D eigenvalue weighted by Crippen LogP contribution is -2.27. The highest BCUT2D eigenvalue weighted by molar-refractivity contribution is 7.91. The second kappa shape index (κ2) is 24.2. The Hall–Kier alpha value is -7.86. The van der Waals surface area contributed by atoms with Crippen molar-refractivity contribution < 1.29 is 44.6 Å². The number of aryl methyl sites for hydroxylation is 2. The van der Waals surface area contributed by atoms with E-state index in [0.29, 0.717) is 70.3 Å². The zero-order valence-corrected chi connectivity index (χ0v) is 45.2. The van der Waals surface area contributed by atoms with E-state index in [9.17, 15) is 25.6 Å². The molecule has 8 aromatic rings. The lowest BCUT2D eigenvalue weighted by atomic mass is 10.1. The van der Waals surface area contributed by atoms with Gasteiger partial charge in [0.15, 0.2) is 54.6 Å². The van der Waals surface area contributed by atoms with Crippen LogP contribution < -0.4 is 18.9 Å². The monoisotopic (exact) mass is 1080 g/mol. The maximum Gasteiger partial charge on any atom is 0.187 e. The van der Waals surface area contributed by atoms with Crippen LogP contribution in [0.3, 0.4) is 0 Å². The van der Waals surface area contributed by atoms with Crippen LogP contribution >= 0.6 is 0 Å². The van der Waals surface area contributed by atoms with Gasteiger partial charge in [0.2, 0.25) is 0 Å². The summed E-state index contributed by atoms with van der Waals surface area (Å²) in [5.41, 5.74) is 3.65. The molecular formula is C52H58F2N12O8S2.